The summed E-state index contributed by atoms with van der Waals surface area (Å²) < 4.78 is 5.14. The zero-order chi connectivity index (χ0) is 14.5. The van der Waals surface area contributed by atoms with Gasteiger partial charge in [-0.1, -0.05) is 36.4 Å². The second kappa shape index (κ2) is 6.45. The maximum atomic E-state index is 11.8. The topological polar surface area (TPSA) is 59.4 Å². The lowest BCUT2D eigenvalue weighted by molar-refractivity contribution is -0.141. The van der Waals surface area contributed by atoms with Crippen LogP contribution in [-0.2, 0) is 16.1 Å². The van der Waals surface area contributed by atoms with Crippen molar-refractivity contribution < 1.29 is 14.6 Å². The summed E-state index contributed by atoms with van der Waals surface area (Å²) in [7, 11) is 0. The van der Waals surface area contributed by atoms with Crippen LogP contribution in [0.2, 0.25) is 0 Å². The highest BCUT2D eigenvalue weighted by Crippen LogP contribution is 2.23. The predicted octanol–water partition coefficient (Wildman–Crippen LogP) is 2.78. The number of benzene rings is 1. The van der Waals surface area contributed by atoms with Gasteiger partial charge >= 0.3 is 5.97 Å². The van der Waals surface area contributed by atoms with Gasteiger partial charge in [0.25, 0.3) is 0 Å². The van der Waals surface area contributed by atoms with Crippen LogP contribution >= 0.6 is 11.3 Å². The van der Waals surface area contributed by atoms with Crippen molar-refractivity contribution in [1.82, 2.24) is 4.98 Å². The van der Waals surface area contributed by atoms with Crippen molar-refractivity contribution in [2.45, 2.75) is 19.6 Å². The number of aliphatic hydroxyl groups is 1. The van der Waals surface area contributed by atoms with Crippen molar-refractivity contribution in [3.05, 3.63) is 64.1 Å². The summed E-state index contributed by atoms with van der Waals surface area (Å²) in [6, 6.07) is 7.68. The number of aromatic nitrogens is 1. The van der Waals surface area contributed by atoms with Gasteiger partial charge in [0.1, 0.15) is 17.7 Å². The van der Waals surface area contributed by atoms with Crippen LogP contribution in [0.4, 0.5) is 0 Å². The lowest BCUT2D eigenvalue weighted by Crippen LogP contribution is -2.13. The Labute approximate surface area is 121 Å². The maximum Gasteiger partial charge on any atom is 0.336 e. The van der Waals surface area contributed by atoms with Gasteiger partial charge in [0.2, 0.25) is 0 Å². The molecule has 1 aromatic carbocycles. The molecule has 2 rings (SSSR count). The highest BCUT2D eigenvalue weighted by Gasteiger charge is 2.21. The molecule has 0 radical (unpaired) electrons. The first kappa shape index (κ1) is 14.4. The van der Waals surface area contributed by atoms with Crippen LogP contribution in [0.3, 0.4) is 0 Å². The van der Waals surface area contributed by atoms with E-state index in [2.05, 4.69) is 11.6 Å². The van der Waals surface area contributed by atoms with Crippen molar-refractivity contribution >= 4 is 17.3 Å². The molecule has 1 unspecified atom stereocenters. The molecule has 4 nitrogen and oxygen atoms in total. The van der Waals surface area contributed by atoms with Crippen molar-refractivity contribution in [2.24, 2.45) is 0 Å². The Morgan fingerprint density at radius 2 is 2.35 bits per heavy atom. The molecule has 5 heteroatoms. The van der Waals surface area contributed by atoms with Gasteiger partial charge in [0.05, 0.1) is 5.57 Å². The monoisotopic (exact) mass is 289 g/mol. The summed E-state index contributed by atoms with van der Waals surface area (Å²) in [5.74, 6) is -0.616. The van der Waals surface area contributed by atoms with Crippen LogP contribution in [0, 0.1) is 6.92 Å². The molecule has 0 aliphatic carbocycles. The molecule has 0 saturated carbocycles. The fourth-order valence-electron chi connectivity index (χ4n) is 1.67. The van der Waals surface area contributed by atoms with Gasteiger partial charge in [-0.2, -0.15) is 0 Å². The number of esters is 1. The van der Waals surface area contributed by atoms with Crippen molar-refractivity contribution in [1.29, 1.82) is 0 Å². The first-order valence-electron chi connectivity index (χ1n) is 6.07. The molecule has 1 aromatic heterocycles. The maximum absolute atomic E-state index is 11.8. The summed E-state index contributed by atoms with van der Waals surface area (Å²) in [6.07, 6.45) is 0.453. The Morgan fingerprint density at radius 3 is 3.00 bits per heavy atom. The summed E-state index contributed by atoms with van der Waals surface area (Å²) in [5.41, 5.74) is 1.99. The largest absolute Gasteiger partial charge is 0.457 e. The van der Waals surface area contributed by atoms with Crippen LogP contribution in [0.15, 0.2) is 48.0 Å². The lowest BCUT2D eigenvalue weighted by atomic mass is 10.1. The van der Waals surface area contributed by atoms with Crippen molar-refractivity contribution in [3.63, 3.8) is 0 Å². The molecule has 0 saturated heterocycles. The quantitative estimate of drug-likeness (QED) is 0.679. The Balaban J connectivity index is 1.93. The molecule has 2 aromatic rings. The fourth-order valence-corrected chi connectivity index (χ4v) is 2.33. The minimum Gasteiger partial charge on any atom is -0.457 e. The number of thiazole rings is 1. The molecule has 1 N–H and O–H groups in total. The molecule has 0 aliphatic rings. The van der Waals surface area contributed by atoms with Gasteiger partial charge in [-0.3, -0.25) is 0 Å². The third-order valence-electron chi connectivity index (χ3n) is 2.73. The average Bonchev–Trinajstić information content (AvgIpc) is 2.97. The molecule has 20 heavy (non-hydrogen) atoms. The van der Waals surface area contributed by atoms with E-state index < -0.39 is 12.1 Å². The number of hydrogen-bond acceptors (Lipinski definition) is 5. The number of aliphatic hydroxyl groups excluding tert-OH is 1. The first-order chi connectivity index (χ1) is 9.58. The van der Waals surface area contributed by atoms with Gasteiger partial charge in [-0.15, -0.1) is 11.3 Å². The zero-order valence-electron chi connectivity index (χ0n) is 11.1. The van der Waals surface area contributed by atoms with E-state index in [9.17, 15) is 9.90 Å². The van der Waals surface area contributed by atoms with E-state index in [1.165, 1.54) is 11.3 Å². The number of rotatable bonds is 5. The van der Waals surface area contributed by atoms with Gasteiger partial charge < -0.3 is 9.84 Å². The second-order valence-electron chi connectivity index (χ2n) is 4.36. The number of aryl methyl sites for hydroxylation is 1. The number of carbonyl (C=O) groups excluding carboxylic acids is 1. The lowest BCUT2D eigenvalue weighted by Gasteiger charge is -2.11. The smallest absolute Gasteiger partial charge is 0.336 e. The number of nitrogens with zero attached hydrogens (tertiary/aromatic N) is 1. The Kier molecular flexibility index (Phi) is 4.65. The molecule has 0 spiro atoms. The van der Waals surface area contributed by atoms with E-state index in [0.29, 0.717) is 5.01 Å². The molecule has 1 heterocycles. The normalized spacial score (nSPS) is 11.9. The summed E-state index contributed by atoms with van der Waals surface area (Å²) in [5, 5.41) is 12.1. The van der Waals surface area contributed by atoms with Crippen LogP contribution < -0.4 is 0 Å². The van der Waals surface area contributed by atoms with Crippen LogP contribution in [0.1, 0.15) is 22.2 Å². The standard InChI is InChI=1S/C15H15NO3S/c1-10-4-3-5-12(8-10)9-19-15(18)11(2)13(17)14-16-6-7-20-14/h3-8,13,17H,2,9H2,1H3. The Bertz CT molecular complexity index is 607. The minimum absolute atomic E-state index is 0.00685. The van der Waals surface area contributed by atoms with E-state index in [1.54, 1.807) is 11.6 Å². The van der Waals surface area contributed by atoms with E-state index >= 15 is 0 Å². The number of carbonyl (C=O) groups is 1. The highest BCUT2D eigenvalue weighted by atomic mass is 32.1. The van der Waals surface area contributed by atoms with E-state index in [-0.39, 0.29) is 12.2 Å². The Morgan fingerprint density at radius 1 is 1.55 bits per heavy atom. The number of ether oxygens (including phenoxy) is 1. The predicted molar refractivity (Wildman–Crippen MR) is 77.2 cm³/mol. The van der Waals surface area contributed by atoms with E-state index in [1.807, 2.05) is 31.2 Å². The fraction of sp³-hybridized carbons (Fsp3) is 0.200. The van der Waals surface area contributed by atoms with Gasteiger partial charge in [0.15, 0.2) is 0 Å². The zero-order valence-corrected chi connectivity index (χ0v) is 11.9. The third-order valence-corrected chi connectivity index (χ3v) is 3.56. The molecular formula is C15H15NO3S. The SMILES string of the molecule is C=C(C(=O)OCc1cccc(C)c1)C(O)c1nccs1. The second-order valence-corrected chi connectivity index (χ2v) is 5.29. The van der Waals surface area contributed by atoms with Crippen LogP contribution in [0.5, 0.6) is 0 Å². The summed E-state index contributed by atoms with van der Waals surface area (Å²) >= 11 is 1.26. The van der Waals surface area contributed by atoms with E-state index in [0.717, 1.165) is 11.1 Å². The molecule has 0 fully saturated rings. The molecule has 0 bridgehead atoms. The Hall–Kier alpha value is -1.98. The van der Waals surface area contributed by atoms with Gasteiger partial charge in [-0.05, 0) is 12.5 Å². The first-order valence-corrected chi connectivity index (χ1v) is 6.95. The third kappa shape index (κ3) is 3.53. The van der Waals surface area contributed by atoms with Crippen molar-refractivity contribution in [3.8, 4) is 0 Å². The average molecular weight is 289 g/mol. The molecule has 1 atom stereocenters. The summed E-state index contributed by atoms with van der Waals surface area (Å²) in [6.45, 7) is 5.71. The summed E-state index contributed by atoms with van der Waals surface area (Å²) in [4.78, 5) is 15.8. The van der Waals surface area contributed by atoms with Crippen LogP contribution in [-0.4, -0.2) is 16.1 Å². The molecular weight excluding hydrogens is 274 g/mol. The minimum atomic E-state index is -1.11. The van der Waals surface area contributed by atoms with Crippen molar-refractivity contribution in [2.75, 3.05) is 0 Å². The van der Waals surface area contributed by atoms with Gasteiger partial charge in [0, 0.05) is 11.6 Å². The van der Waals surface area contributed by atoms with E-state index in [4.69, 9.17) is 4.74 Å². The van der Waals surface area contributed by atoms with Gasteiger partial charge in [-0.25, -0.2) is 9.78 Å². The highest BCUT2D eigenvalue weighted by molar-refractivity contribution is 7.09. The molecule has 104 valence electrons. The number of hydrogen-bond donors (Lipinski definition) is 1. The molecule has 0 aliphatic heterocycles. The molecule has 0 amide bonds. The van der Waals surface area contributed by atoms with Crippen LogP contribution in [0.25, 0.3) is 0 Å².